The lowest BCUT2D eigenvalue weighted by Gasteiger charge is -2.44. The molecule has 2 atom stereocenters. The maximum atomic E-state index is 13.1. The van der Waals surface area contributed by atoms with Crippen LogP contribution in [0.5, 0.6) is 0 Å². The highest BCUT2D eigenvalue weighted by atomic mass is 19.4. The van der Waals surface area contributed by atoms with Crippen molar-refractivity contribution in [1.82, 2.24) is 9.97 Å². The molecule has 2 unspecified atom stereocenters. The minimum absolute atomic E-state index is 0.0275. The molecule has 3 rings (SSSR count). The molecule has 0 aromatic carbocycles. The van der Waals surface area contributed by atoms with E-state index in [1.807, 2.05) is 19.1 Å². The molecular formula is C23H29F3N2O2. The van der Waals surface area contributed by atoms with Gasteiger partial charge in [0.1, 0.15) is 5.60 Å². The van der Waals surface area contributed by atoms with Gasteiger partial charge in [0, 0.05) is 12.4 Å². The molecule has 0 saturated heterocycles. The van der Waals surface area contributed by atoms with Gasteiger partial charge in [0.2, 0.25) is 0 Å². The van der Waals surface area contributed by atoms with Crippen molar-refractivity contribution in [2.75, 3.05) is 0 Å². The summed E-state index contributed by atoms with van der Waals surface area (Å²) in [6.07, 6.45) is 0.102. The normalized spacial score (nSPS) is 24.9. The molecule has 1 aliphatic carbocycles. The molecule has 2 aromatic heterocycles. The van der Waals surface area contributed by atoms with Crippen molar-refractivity contribution >= 4 is 0 Å². The molecule has 0 bridgehead atoms. The van der Waals surface area contributed by atoms with Crippen LogP contribution >= 0.6 is 0 Å². The van der Waals surface area contributed by atoms with E-state index in [4.69, 9.17) is 0 Å². The van der Waals surface area contributed by atoms with Gasteiger partial charge >= 0.3 is 6.18 Å². The topological polar surface area (TPSA) is 66.2 Å². The zero-order valence-electron chi connectivity index (χ0n) is 17.7. The molecule has 164 valence electrons. The number of aromatic nitrogens is 2. The van der Waals surface area contributed by atoms with Crippen LogP contribution < -0.4 is 0 Å². The minimum Gasteiger partial charge on any atom is -0.384 e. The molecule has 1 aliphatic rings. The van der Waals surface area contributed by atoms with E-state index in [2.05, 4.69) is 23.8 Å². The van der Waals surface area contributed by atoms with E-state index in [-0.39, 0.29) is 11.8 Å². The minimum atomic E-state index is -4.80. The Labute approximate surface area is 175 Å². The molecule has 7 heteroatoms. The lowest BCUT2D eigenvalue weighted by Crippen LogP contribution is -2.42. The molecule has 1 saturated carbocycles. The molecular weight excluding hydrogens is 393 g/mol. The van der Waals surface area contributed by atoms with E-state index in [1.165, 1.54) is 12.3 Å². The zero-order chi connectivity index (χ0) is 22.3. The fourth-order valence-electron chi connectivity index (χ4n) is 4.13. The Kier molecular flexibility index (Phi) is 6.00. The highest BCUT2D eigenvalue weighted by Gasteiger charge is 2.52. The smallest absolute Gasteiger partial charge is 0.384 e. The van der Waals surface area contributed by atoms with Crippen LogP contribution in [-0.4, -0.2) is 26.4 Å². The van der Waals surface area contributed by atoms with Crippen LogP contribution in [-0.2, 0) is 11.2 Å². The van der Waals surface area contributed by atoms with E-state index in [0.717, 1.165) is 12.0 Å². The third-order valence-electron chi connectivity index (χ3n) is 6.27. The van der Waals surface area contributed by atoms with Gasteiger partial charge in [-0.1, -0.05) is 20.8 Å². The van der Waals surface area contributed by atoms with Gasteiger partial charge < -0.3 is 10.2 Å². The molecule has 2 N–H and O–H groups in total. The maximum absolute atomic E-state index is 13.1. The van der Waals surface area contributed by atoms with E-state index < -0.39 is 23.1 Å². The van der Waals surface area contributed by atoms with Crippen LogP contribution in [0.15, 0.2) is 36.7 Å². The first kappa shape index (κ1) is 22.7. The number of rotatable bonds is 6. The van der Waals surface area contributed by atoms with Gasteiger partial charge in [0.05, 0.1) is 11.4 Å². The Balaban J connectivity index is 1.67. The number of pyridine rings is 2. The highest BCUT2D eigenvalue weighted by molar-refractivity contribution is 5.27. The Morgan fingerprint density at radius 1 is 1.07 bits per heavy atom. The average Bonchev–Trinajstić information content (AvgIpc) is 2.65. The van der Waals surface area contributed by atoms with Crippen molar-refractivity contribution in [3.05, 3.63) is 59.2 Å². The number of halogens is 3. The van der Waals surface area contributed by atoms with Gasteiger partial charge in [-0.15, -0.1) is 0 Å². The van der Waals surface area contributed by atoms with Crippen LogP contribution in [0.1, 0.15) is 81.3 Å². The van der Waals surface area contributed by atoms with Crippen molar-refractivity contribution in [1.29, 1.82) is 0 Å². The predicted molar refractivity (Wildman–Crippen MR) is 108 cm³/mol. The molecule has 0 spiro atoms. The van der Waals surface area contributed by atoms with E-state index in [1.54, 1.807) is 12.3 Å². The molecule has 2 heterocycles. The van der Waals surface area contributed by atoms with Crippen LogP contribution in [0.2, 0.25) is 0 Å². The fourth-order valence-corrected chi connectivity index (χ4v) is 4.13. The van der Waals surface area contributed by atoms with Crippen LogP contribution in [0.4, 0.5) is 13.2 Å². The van der Waals surface area contributed by atoms with Crippen molar-refractivity contribution in [3.8, 4) is 0 Å². The first-order valence-corrected chi connectivity index (χ1v) is 10.3. The fraction of sp³-hybridized carbons (Fsp3) is 0.565. The van der Waals surface area contributed by atoms with E-state index in [0.29, 0.717) is 36.9 Å². The predicted octanol–water partition coefficient (Wildman–Crippen LogP) is 5.16. The Hall–Kier alpha value is -1.99. The average molecular weight is 422 g/mol. The maximum Gasteiger partial charge on any atom is 0.422 e. The number of alkyl halides is 3. The summed E-state index contributed by atoms with van der Waals surface area (Å²) in [6, 6.07) is 6.92. The van der Waals surface area contributed by atoms with Crippen molar-refractivity contribution in [2.24, 2.45) is 5.92 Å². The molecule has 0 amide bonds. The van der Waals surface area contributed by atoms with E-state index >= 15 is 0 Å². The summed E-state index contributed by atoms with van der Waals surface area (Å²) >= 11 is 0. The van der Waals surface area contributed by atoms with Gasteiger partial charge in [0.15, 0.2) is 5.60 Å². The second-order valence-electron chi connectivity index (χ2n) is 9.12. The number of hydrogen-bond acceptors (Lipinski definition) is 4. The third-order valence-corrected chi connectivity index (χ3v) is 6.27. The lowest BCUT2D eigenvalue weighted by molar-refractivity contribution is -0.260. The first-order valence-electron chi connectivity index (χ1n) is 10.3. The van der Waals surface area contributed by atoms with Gasteiger partial charge in [-0.25, -0.2) is 0 Å². The number of hydrogen-bond donors (Lipinski definition) is 2. The largest absolute Gasteiger partial charge is 0.422 e. The second-order valence-corrected chi connectivity index (χ2v) is 9.12. The van der Waals surface area contributed by atoms with Crippen molar-refractivity contribution < 1.29 is 23.4 Å². The SMILES string of the molecule is CC(C)c1ccnc(C2(O)CC(CC(C)c3ccnc(C(C)(O)C(F)(F)F)c3)C2)c1. The van der Waals surface area contributed by atoms with Crippen molar-refractivity contribution in [2.45, 2.75) is 76.2 Å². The Morgan fingerprint density at radius 2 is 1.67 bits per heavy atom. The standard InChI is InChI=1S/C23H29F3N2O2/c1-14(2)17-5-7-28-20(10-17)22(30)12-16(13-22)9-15(3)18-6-8-27-19(11-18)21(4,29)23(24,25)26/h5-8,10-11,14-16,29-30H,9,12-13H2,1-4H3. The number of aliphatic hydroxyl groups is 2. The zero-order valence-corrected chi connectivity index (χ0v) is 17.7. The summed E-state index contributed by atoms with van der Waals surface area (Å²) < 4.78 is 39.4. The van der Waals surface area contributed by atoms with E-state index in [9.17, 15) is 23.4 Å². The lowest BCUT2D eigenvalue weighted by atomic mass is 9.65. The Morgan fingerprint density at radius 3 is 2.27 bits per heavy atom. The Bertz CT molecular complexity index is 890. The van der Waals surface area contributed by atoms with Gasteiger partial charge in [-0.05, 0) is 79.3 Å². The van der Waals surface area contributed by atoms with Crippen molar-refractivity contribution in [3.63, 3.8) is 0 Å². The number of nitrogens with zero attached hydrogens (tertiary/aromatic N) is 2. The molecule has 1 fully saturated rings. The van der Waals surface area contributed by atoms with Gasteiger partial charge in [0.25, 0.3) is 0 Å². The third kappa shape index (κ3) is 4.37. The molecule has 30 heavy (non-hydrogen) atoms. The van der Waals surface area contributed by atoms with Crippen LogP contribution in [0, 0.1) is 5.92 Å². The monoisotopic (exact) mass is 422 g/mol. The summed E-state index contributed by atoms with van der Waals surface area (Å²) in [7, 11) is 0. The molecule has 2 aromatic rings. The summed E-state index contributed by atoms with van der Waals surface area (Å²) in [6.45, 7) is 6.84. The van der Waals surface area contributed by atoms with Crippen LogP contribution in [0.3, 0.4) is 0 Å². The summed E-state index contributed by atoms with van der Waals surface area (Å²) in [4.78, 5) is 8.10. The quantitative estimate of drug-likeness (QED) is 0.675. The summed E-state index contributed by atoms with van der Waals surface area (Å²) in [5, 5.41) is 20.8. The highest BCUT2D eigenvalue weighted by Crippen LogP contribution is 2.49. The first-order chi connectivity index (χ1) is 13.8. The van der Waals surface area contributed by atoms with Gasteiger partial charge in [-0.2, -0.15) is 13.2 Å². The summed E-state index contributed by atoms with van der Waals surface area (Å²) in [5.74, 6) is 0.565. The van der Waals surface area contributed by atoms with Gasteiger partial charge in [-0.3, -0.25) is 9.97 Å². The molecule has 0 aliphatic heterocycles. The van der Waals surface area contributed by atoms with Crippen LogP contribution in [0.25, 0.3) is 0 Å². The molecule has 0 radical (unpaired) electrons. The molecule has 4 nitrogen and oxygen atoms in total. The second kappa shape index (κ2) is 7.93. The summed E-state index contributed by atoms with van der Waals surface area (Å²) in [5.41, 5.74) is -1.83.